The molecule has 126 valence electrons. The monoisotopic (exact) mass is 343 g/mol. The molecule has 1 atom stereocenters. The molecule has 0 spiro atoms. The molecular formula is C18H21N3O2S. The van der Waals surface area contributed by atoms with Crippen LogP contribution in [-0.4, -0.2) is 11.9 Å². The number of fused-ring (bicyclic) bond motifs is 1. The van der Waals surface area contributed by atoms with E-state index in [1.807, 2.05) is 37.4 Å². The second kappa shape index (κ2) is 7.05. The average Bonchev–Trinajstić information content (AvgIpc) is 2.97. The smallest absolute Gasteiger partial charge is 0.315 e. The first-order valence-electron chi connectivity index (χ1n) is 8.03. The van der Waals surface area contributed by atoms with Gasteiger partial charge in [-0.05, 0) is 54.5 Å². The van der Waals surface area contributed by atoms with Gasteiger partial charge < -0.3 is 16.0 Å². The highest BCUT2D eigenvalue weighted by atomic mass is 32.1. The first-order valence-corrected chi connectivity index (χ1v) is 8.91. The van der Waals surface area contributed by atoms with Gasteiger partial charge in [0, 0.05) is 17.0 Å². The fourth-order valence-electron chi connectivity index (χ4n) is 2.75. The van der Waals surface area contributed by atoms with Crippen LogP contribution in [0.25, 0.3) is 0 Å². The largest absolute Gasteiger partial charge is 0.333 e. The Bertz CT molecular complexity index is 769. The molecule has 3 amide bonds. The third kappa shape index (κ3) is 3.76. The van der Waals surface area contributed by atoms with Crippen LogP contribution in [0.2, 0.25) is 0 Å². The zero-order chi connectivity index (χ0) is 17.1. The normalized spacial score (nSPS) is 14.5. The maximum atomic E-state index is 12.1. The van der Waals surface area contributed by atoms with Crippen molar-refractivity contribution in [2.45, 2.75) is 39.3 Å². The van der Waals surface area contributed by atoms with Crippen LogP contribution in [0, 0.1) is 6.92 Å². The summed E-state index contributed by atoms with van der Waals surface area (Å²) >= 11 is 1.65. The maximum Gasteiger partial charge on any atom is 0.315 e. The number of carbonyl (C=O) groups excluding carboxylic acids is 2. The number of thiophene rings is 1. The van der Waals surface area contributed by atoms with Crippen molar-refractivity contribution in [2.75, 3.05) is 5.32 Å². The first kappa shape index (κ1) is 16.5. The van der Waals surface area contributed by atoms with E-state index in [1.54, 1.807) is 11.3 Å². The highest BCUT2D eigenvalue weighted by molar-refractivity contribution is 7.10. The van der Waals surface area contributed by atoms with Gasteiger partial charge in [0.1, 0.15) is 0 Å². The van der Waals surface area contributed by atoms with Crippen LogP contribution in [0.3, 0.4) is 0 Å². The van der Waals surface area contributed by atoms with Crippen molar-refractivity contribution in [1.82, 2.24) is 10.6 Å². The van der Waals surface area contributed by atoms with Crippen LogP contribution in [0.5, 0.6) is 0 Å². The van der Waals surface area contributed by atoms with E-state index in [2.05, 4.69) is 22.0 Å². The third-order valence-electron chi connectivity index (χ3n) is 4.25. The molecule has 2 heterocycles. The second-order valence-electron chi connectivity index (χ2n) is 6.04. The number of nitrogens with one attached hydrogen (secondary N) is 3. The number of aryl methyl sites for hydroxylation is 2. The lowest BCUT2D eigenvalue weighted by molar-refractivity contribution is -0.116. The number of anilines is 1. The maximum absolute atomic E-state index is 12.1. The SMILES string of the molecule is Cc1ccsc1CNC(=O)NC(C)c1ccc2c(c1)CCC(=O)N2. The zero-order valence-electron chi connectivity index (χ0n) is 13.8. The van der Waals surface area contributed by atoms with Gasteiger partial charge in [-0.15, -0.1) is 11.3 Å². The van der Waals surface area contributed by atoms with Crippen molar-refractivity contribution in [2.24, 2.45) is 0 Å². The Morgan fingerprint density at radius 1 is 1.33 bits per heavy atom. The first-order chi connectivity index (χ1) is 11.5. The molecule has 1 aromatic heterocycles. The van der Waals surface area contributed by atoms with Gasteiger partial charge in [0.2, 0.25) is 5.91 Å². The quantitative estimate of drug-likeness (QED) is 0.795. The van der Waals surface area contributed by atoms with Gasteiger partial charge in [0.25, 0.3) is 0 Å². The van der Waals surface area contributed by atoms with Crippen molar-refractivity contribution < 1.29 is 9.59 Å². The van der Waals surface area contributed by atoms with Gasteiger partial charge in [-0.25, -0.2) is 4.79 Å². The molecule has 1 unspecified atom stereocenters. The Kier molecular flexibility index (Phi) is 4.85. The summed E-state index contributed by atoms with van der Waals surface area (Å²) in [5.41, 5.74) is 4.23. The lowest BCUT2D eigenvalue weighted by atomic mass is 9.98. The van der Waals surface area contributed by atoms with Crippen molar-refractivity contribution in [3.63, 3.8) is 0 Å². The van der Waals surface area contributed by atoms with E-state index in [0.29, 0.717) is 13.0 Å². The predicted molar refractivity (Wildman–Crippen MR) is 96.2 cm³/mol. The number of carbonyl (C=O) groups is 2. The number of amides is 3. The Labute approximate surface area is 145 Å². The van der Waals surface area contributed by atoms with Crippen LogP contribution in [0.1, 0.15) is 41.0 Å². The van der Waals surface area contributed by atoms with Gasteiger partial charge in [0.05, 0.1) is 12.6 Å². The van der Waals surface area contributed by atoms with E-state index >= 15 is 0 Å². The van der Waals surface area contributed by atoms with E-state index in [4.69, 9.17) is 0 Å². The minimum Gasteiger partial charge on any atom is -0.333 e. The summed E-state index contributed by atoms with van der Waals surface area (Å²) in [6, 6.07) is 7.68. The van der Waals surface area contributed by atoms with Gasteiger partial charge in [-0.2, -0.15) is 0 Å². The summed E-state index contributed by atoms with van der Waals surface area (Å²) in [4.78, 5) is 24.7. The molecule has 0 bridgehead atoms. The molecule has 0 radical (unpaired) electrons. The molecule has 3 N–H and O–H groups in total. The standard InChI is InChI=1S/C18H21N3O2S/c1-11-7-8-24-16(11)10-19-18(23)20-12(2)13-3-5-15-14(9-13)4-6-17(22)21-15/h3,5,7-9,12H,4,6,10H2,1-2H3,(H,21,22)(H2,19,20,23). The lowest BCUT2D eigenvalue weighted by Gasteiger charge is -2.20. The van der Waals surface area contributed by atoms with Crippen LogP contribution < -0.4 is 16.0 Å². The Hall–Kier alpha value is -2.34. The van der Waals surface area contributed by atoms with Crippen molar-refractivity contribution in [3.8, 4) is 0 Å². The molecule has 24 heavy (non-hydrogen) atoms. The molecule has 0 fully saturated rings. The minimum absolute atomic E-state index is 0.0599. The molecule has 0 saturated carbocycles. The van der Waals surface area contributed by atoms with E-state index in [0.717, 1.165) is 23.2 Å². The number of urea groups is 1. The van der Waals surface area contributed by atoms with Gasteiger partial charge in [-0.1, -0.05) is 12.1 Å². The zero-order valence-corrected chi connectivity index (χ0v) is 14.6. The summed E-state index contributed by atoms with van der Waals surface area (Å²) in [6.45, 7) is 4.54. The number of benzene rings is 1. The van der Waals surface area contributed by atoms with Crippen molar-refractivity contribution >= 4 is 29.0 Å². The molecule has 0 aliphatic carbocycles. The topological polar surface area (TPSA) is 70.2 Å². The third-order valence-corrected chi connectivity index (χ3v) is 5.27. The predicted octanol–water partition coefficient (Wildman–Crippen LogP) is 3.50. The molecule has 3 rings (SSSR count). The Morgan fingerprint density at radius 2 is 2.17 bits per heavy atom. The molecule has 6 heteroatoms. The highest BCUT2D eigenvalue weighted by Crippen LogP contribution is 2.26. The minimum atomic E-state index is -0.179. The van der Waals surface area contributed by atoms with Crippen LogP contribution in [-0.2, 0) is 17.8 Å². The molecule has 2 aromatic rings. The fraction of sp³-hybridized carbons (Fsp3) is 0.333. The second-order valence-corrected chi connectivity index (χ2v) is 7.04. The molecule has 0 saturated heterocycles. The molecule has 1 aromatic carbocycles. The molecule has 5 nitrogen and oxygen atoms in total. The van der Waals surface area contributed by atoms with E-state index < -0.39 is 0 Å². The van der Waals surface area contributed by atoms with Gasteiger partial charge >= 0.3 is 6.03 Å². The molecular weight excluding hydrogens is 322 g/mol. The van der Waals surface area contributed by atoms with Crippen molar-refractivity contribution in [1.29, 1.82) is 0 Å². The molecule has 1 aliphatic heterocycles. The summed E-state index contributed by atoms with van der Waals surface area (Å²) < 4.78 is 0. The van der Waals surface area contributed by atoms with Gasteiger partial charge in [0.15, 0.2) is 0 Å². The number of rotatable bonds is 4. The summed E-state index contributed by atoms with van der Waals surface area (Å²) in [7, 11) is 0. The van der Waals surface area contributed by atoms with Crippen LogP contribution >= 0.6 is 11.3 Å². The summed E-state index contributed by atoms with van der Waals surface area (Å²) in [6.07, 6.45) is 1.25. The Balaban J connectivity index is 1.58. The Morgan fingerprint density at radius 3 is 2.92 bits per heavy atom. The number of hydrogen-bond donors (Lipinski definition) is 3. The van der Waals surface area contributed by atoms with Crippen LogP contribution in [0.4, 0.5) is 10.5 Å². The lowest BCUT2D eigenvalue weighted by Crippen LogP contribution is -2.36. The summed E-state index contributed by atoms with van der Waals surface area (Å²) in [5, 5.41) is 10.8. The highest BCUT2D eigenvalue weighted by Gasteiger charge is 2.17. The van der Waals surface area contributed by atoms with Crippen LogP contribution in [0.15, 0.2) is 29.6 Å². The van der Waals surface area contributed by atoms with E-state index in [-0.39, 0.29) is 18.0 Å². The molecule has 1 aliphatic rings. The number of hydrogen-bond acceptors (Lipinski definition) is 3. The fourth-order valence-corrected chi connectivity index (χ4v) is 3.60. The van der Waals surface area contributed by atoms with E-state index in [1.165, 1.54) is 10.4 Å². The van der Waals surface area contributed by atoms with Crippen molar-refractivity contribution in [3.05, 3.63) is 51.2 Å². The van der Waals surface area contributed by atoms with Gasteiger partial charge in [-0.3, -0.25) is 4.79 Å². The summed E-state index contributed by atoms with van der Waals surface area (Å²) in [5.74, 6) is 0.0599. The van der Waals surface area contributed by atoms with E-state index in [9.17, 15) is 9.59 Å². The average molecular weight is 343 g/mol.